The van der Waals surface area contributed by atoms with E-state index in [0.29, 0.717) is 12.8 Å². The van der Waals surface area contributed by atoms with Gasteiger partial charge in [-0.15, -0.1) is 0 Å². The first-order valence-electron chi connectivity index (χ1n) is 17.9. The lowest BCUT2D eigenvalue weighted by Crippen LogP contribution is -2.13. The Morgan fingerprint density at radius 2 is 0.750 bits per heavy atom. The van der Waals surface area contributed by atoms with Gasteiger partial charge in [0.2, 0.25) is 0 Å². The Morgan fingerprint density at radius 3 is 1.02 bits per heavy atom. The molecule has 1 N–H and O–H groups in total. The van der Waals surface area contributed by atoms with Gasteiger partial charge in [-0.25, -0.2) is 0 Å². The summed E-state index contributed by atoms with van der Waals surface area (Å²) in [7, 11) is 0. The van der Waals surface area contributed by atoms with Crippen LogP contribution in [-0.2, 0) is 14.3 Å². The highest BCUT2D eigenvalue weighted by atomic mass is 16.5. The first-order chi connectivity index (χ1) is 19.5. The van der Waals surface area contributed by atoms with Crippen molar-refractivity contribution < 1.29 is 19.4 Å². The molecule has 0 spiro atoms. The third-order valence-corrected chi connectivity index (χ3v) is 7.89. The minimum absolute atomic E-state index is 0.0148. The second kappa shape index (κ2) is 36.0. The highest BCUT2D eigenvalue weighted by Crippen LogP contribution is 2.14. The lowest BCUT2D eigenvalue weighted by Gasteiger charge is -2.10. The van der Waals surface area contributed by atoms with Crippen molar-refractivity contribution in [2.24, 2.45) is 0 Å². The molecule has 1 atom stereocenters. The van der Waals surface area contributed by atoms with Crippen LogP contribution in [0.1, 0.15) is 214 Å². The third kappa shape index (κ3) is 39.1. The fourth-order valence-electron chi connectivity index (χ4n) is 4.95. The van der Waals surface area contributed by atoms with E-state index >= 15 is 0 Å². The number of aliphatic carboxylic acids is 1. The number of rotatable bonds is 30. The van der Waals surface area contributed by atoms with Crippen molar-refractivity contribution in [3.63, 3.8) is 0 Å². The molecule has 40 heavy (non-hydrogen) atoms. The maximum absolute atomic E-state index is 11.5. The number of carboxylic acid groups (broad SMARTS) is 1. The Morgan fingerprint density at radius 1 is 0.475 bits per heavy atom. The van der Waals surface area contributed by atoms with Crippen LogP contribution in [0, 0.1) is 0 Å². The summed E-state index contributed by atoms with van der Waals surface area (Å²) in [5.74, 6) is -0.671. The van der Waals surface area contributed by atoms with Crippen LogP contribution in [0.5, 0.6) is 0 Å². The van der Waals surface area contributed by atoms with Crippen LogP contribution in [0.2, 0.25) is 0 Å². The fourth-order valence-corrected chi connectivity index (χ4v) is 4.95. The molecule has 0 radical (unpaired) electrons. The maximum atomic E-state index is 11.5. The van der Waals surface area contributed by atoms with E-state index in [1.165, 1.54) is 148 Å². The summed E-state index contributed by atoms with van der Waals surface area (Å²) in [5.41, 5.74) is 0. The van der Waals surface area contributed by atoms with Gasteiger partial charge < -0.3 is 9.84 Å². The summed E-state index contributed by atoms with van der Waals surface area (Å²) in [6.07, 6.45) is 36.3. The molecule has 0 rings (SSSR count). The fraction of sp³-hybridized carbons (Fsp3) is 0.944. The molecule has 1 unspecified atom stereocenters. The van der Waals surface area contributed by atoms with Crippen molar-refractivity contribution in [3.8, 4) is 0 Å². The second-order valence-corrected chi connectivity index (χ2v) is 12.1. The van der Waals surface area contributed by atoms with Crippen LogP contribution in [-0.4, -0.2) is 23.1 Å². The minimum atomic E-state index is -0.657. The van der Waals surface area contributed by atoms with E-state index in [2.05, 4.69) is 13.8 Å². The standard InChI is InChI=1S/C22H44O2.C14H28O2/c1-4-6-7-8-9-10-11-12-13-14-15-16-17-18-19-20-22(23)24-21(3)5-2;1-2-3-4-5-6-7-8-9-10-11-12-13-14(15)16/h21H,4-20H2,1-3H3;2-13H2,1H3,(H,15,16). The van der Waals surface area contributed by atoms with Crippen molar-refractivity contribution in [2.75, 3.05) is 0 Å². The van der Waals surface area contributed by atoms with Gasteiger partial charge in [-0.3, -0.25) is 9.59 Å². The number of carboxylic acids is 1. The zero-order valence-corrected chi connectivity index (χ0v) is 27.8. The van der Waals surface area contributed by atoms with Crippen LogP contribution >= 0.6 is 0 Å². The average molecular weight is 569 g/mol. The Hall–Kier alpha value is -1.06. The molecule has 0 aromatic heterocycles. The second-order valence-electron chi connectivity index (χ2n) is 12.1. The third-order valence-electron chi connectivity index (χ3n) is 7.89. The molecule has 0 heterocycles. The number of hydrogen-bond acceptors (Lipinski definition) is 3. The lowest BCUT2D eigenvalue weighted by atomic mass is 10.0. The number of carbonyl (C=O) groups is 2. The lowest BCUT2D eigenvalue weighted by molar-refractivity contribution is -0.148. The molecule has 0 aliphatic heterocycles. The predicted octanol–water partition coefficient (Wildman–Crippen LogP) is 12.4. The molecule has 0 bridgehead atoms. The highest BCUT2D eigenvalue weighted by Gasteiger charge is 2.06. The van der Waals surface area contributed by atoms with Crippen molar-refractivity contribution in [3.05, 3.63) is 0 Å². The normalized spacial score (nSPS) is 11.6. The number of ether oxygens (including phenoxy) is 1. The molecule has 0 aliphatic carbocycles. The quantitative estimate of drug-likeness (QED) is 0.0691. The molecule has 0 saturated heterocycles. The van der Waals surface area contributed by atoms with Crippen LogP contribution in [0.25, 0.3) is 0 Å². The Labute approximate surface area is 251 Å². The van der Waals surface area contributed by atoms with Gasteiger partial charge in [0.05, 0.1) is 6.10 Å². The summed E-state index contributed by atoms with van der Waals surface area (Å²) >= 11 is 0. The summed E-state index contributed by atoms with van der Waals surface area (Å²) in [6, 6.07) is 0. The number of unbranched alkanes of at least 4 members (excludes halogenated alkanes) is 24. The van der Waals surface area contributed by atoms with Crippen molar-refractivity contribution in [1.29, 1.82) is 0 Å². The number of esters is 1. The van der Waals surface area contributed by atoms with Crippen molar-refractivity contribution >= 4 is 11.9 Å². The Bertz CT molecular complexity index is 505. The van der Waals surface area contributed by atoms with Gasteiger partial charge in [0.15, 0.2) is 0 Å². The Balaban J connectivity index is 0. The van der Waals surface area contributed by atoms with E-state index in [9.17, 15) is 9.59 Å². The van der Waals surface area contributed by atoms with Gasteiger partial charge >= 0.3 is 11.9 Å². The van der Waals surface area contributed by atoms with E-state index in [1.54, 1.807) is 0 Å². The molecule has 4 heteroatoms. The van der Waals surface area contributed by atoms with Gasteiger partial charge in [-0.05, 0) is 26.2 Å². The monoisotopic (exact) mass is 569 g/mol. The summed E-state index contributed by atoms with van der Waals surface area (Å²) < 4.78 is 5.28. The summed E-state index contributed by atoms with van der Waals surface area (Å²) in [4.78, 5) is 21.8. The van der Waals surface area contributed by atoms with Gasteiger partial charge in [-0.2, -0.15) is 0 Å². The van der Waals surface area contributed by atoms with E-state index in [0.717, 1.165) is 25.7 Å². The van der Waals surface area contributed by atoms with Crippen molar-refractivity contribution in [1.82, 2.24) is 0 Å². The molecule has 240 valence electrons. The van der Waals surface area contributed by atoms with E-state index in [-0.39, 0.29) is 12.1 Å². The molecule has 0 aromatic rings. The van der Waals surface area contributed by atoms with E-state index < -0.39 is 5.97 Å². The molecule has 4 nitrogen and oxygen atoms in total. The smallest absolute Gasteiger partial charge is 0.306 e. The molecule has 0 fully saturated rings. The van der Waals surface area contributed by atoms with Gasteiger partial charge in [-0.1, -0.05) is 175 Å². The molecular formula is C36H72O4. The molecule has 0 aliphatic rings. The Kier molecular flexibility index (Phi) is 36.9. The first-order valence-corrected chi connectivity index (χ1v) is 17.9. The first kappa shape index (κ1) is 41.1. The number of hydrogen-bond donors (Lipinski definition) is 1. The van der Waals surface area contributed by atoms with E-state index in [1.807, 2.05) is 13.8 Å². The van der Waals surface area contributed by atoms with Gasteiger partial charge in [0, 0.05) is 12.8 Å². The minimum Gasteiger partial charge on any atom is -0.481 e. The molecule has 0 aromatic carbocycles. The number of carbonyl (C=O) groups excluding carboxylic acids is 1. The van der Waals surface area contributed by atoms with Crippen molar-refractivity contribution in [2.45, 2.75) is 220 Å². The zero-order chi connectivity index (χ0) is 29.9. The SMILES string of the molecule is CCCCCCCCCCCCCC(=O)O.CCCCCCCCCCCCCCCCCC(=O)OC(C)CC. The zero-order valence-electron chi connectivity index (χ0n) is 27.8. The topological polar surface area (TPSA) is 63.6 Å². The van der Waals surface area contributed by atoms with E-state index in [4.69, 9.17) is 9.84 Å². The van der Waals surface area contributed by atoms with Crippen LogP contribution in [0.3, 0.4) is 0 Å². The van der Waals surface area contributed by atoms with Gasteiger partial charge in [0.25, 0.3) is 0 Å². The molecular weight excluding hydrogens is 496 g/mol. The molecule has 0 saturated carbocycles. The maximum Gasteiger partial charge on any atom is 0.306 e. The predicted molar refractivity (Wildman–Crippen MR) is 174 cm³/mol. The molecule has 0 amide bonds. The summed E-state index contributed by atoms with van der Waals surface area (Å²) in [5, 5.41) is 8.46. The summed E-state index contributed by atoms with van der Waals surface area (Å²) in [6.45, 7) is 8.54. The van der Waals surface area contributed by atoms with Crippen LogP contribution in [0.15, 0.2) is 0 Å². The average Bonchev–Trinajstić information content (AvgIpc) is 2.94. The van der Waals surface area contributed by atoms with Crippen LogP contribution in [0.4, 0.5) is 0 Å². The largest absolute Gasteiger partial charge is 0.481 e. The highest BCUT2D eigenvalue weighted by molar-refractivity contribution is 5.69. The van der Waals surface area contributed by atoms with Gasteiger partial charge in [0.1, 0.15) is 0 Å². The van der Waals surface area contributed by atoms with Crippen LogP contribution < -0.4 is 0 Å².